The molecule has 3 N–H and O–H groups in total. The Morgan fingerprint density at radius 1 is 1.58 bits per heavy atom. The fourth-order valence-electron chi connectivity index (χ4n) is 0.870. The average molecular weight is 245 g/mol. The second kappa shape index (κ2) is 3.87. The topological polar surface area (TPSA) is 38.0 Å². The monoisotopic (exact) mass is 244 g/mol. The summed E-state index contributed by atoms with van der Waals surface area (Å²) in [7, 11) is 1.86. The van der Waals surface area contributed by atoms with Gasteiger partial charge in [-0.15, -0.1) is 0 Å². The van der Waals surface area contributed by atoms with Crippen LogP contribution >= 0.6 is 28.1 Å². The highest BCUT2D eigenvalue weighted by atomic mass is 79.9. The van der Waals surface area contributed by atoms with Crippen molar-refractivity contribution < 1.29 is 0 Å². The van der Waals surface area contributed by atoms with Crippen LogP contribution < -0.4 is 11.1 Å². The van der Waals surface area contributed by atoms with Crippen molar-refractivity contribution in [2.45, 2.75) is 0 Å². The Balaban J connectivity index is 3.12. The molecule has 0 heterocycles. The lowest BCUT2D eigenvalue weighted by molar-refractivity contribution is 1.48. The van der Waals surface area contributed by atoms with E-state index in [2.05, 4.69) is 21.2 Å². The first kappa shape index (κ1) is 9.48. The maximum absolute atomic E-state index is 5.49. The maximum atomic E-state index is 5.49. The highest BCUT2D eigenvalue weighted by molar-refractivity contribution is 9.10. The predicted octanol–water partition coefficient (Wildman–Crippen LogP) is 2.12. The Bertz CT molecular complexity index is 312. The number of thiocarbonyl (C=S) groups is 1. The molecule has 0 amide bonds. The molecule has 2 nitrogen and oxygen atoms in total. The first-order valence-corrected chi connectivity index (χ1v) is 4.62. The number of nitrogens with two attached hydrogens (primary N) is 1. The van der Waals surface area contributed by atoms with Gasteiger partial charge in [0.2, 0.25) is 0 Å². The third-order valence-corrected chi connectivity index (χ3v) is 2.40. The van der Waals surface area contributed by atoms with Gasteiger partial charge in [0.15, 0.2) is 0 Å². The van der Waals surface area contributed by atoms with Crippen LogP contribution in [0.25, 0.3) is 0 Å². The second-order valence-electron chi connectivity index (χ2n) is 2.31. The molecule has 0 unspecified atom stereocenters. The van der Waals surface area contributed by atoms with E-state index in [0.29, 0.717) is 4.99 Å². The summed E-state index contributed by atoms with van der Waals surface area (Å²) in [4.78, 5) is 0.407. The van der Waals surface area contributed by atoms with E-state index < -0.39 is 0 Å². The molecule has 0 radical (unpaired) electrons. The van der Waals surface area contributed by atoms with Crippen LogP contribution in [0, 0.1) is 0 Å². The molecular formula is C8H9BrN2S. The maximum Gasteiger partial charge on any atom is 0.105 e. The zero-order valence-corrected chi connectivity index (χ0v) is 9.00. The molecule has 1 aromatic rings. The normalized spacial score (nSPS) is 9.50. The van der Waals surface area contributed by atoms with E-state index in [9.17, 15) is 0 Å². The number of rotatable bonds is 2. The van der Waals surface area contributed by atoms with Crippen LogP contribution in [-0.2, 0) is 0 Å². The molecule has 0 aliphatic heterocycles. The Morgan fingerprint density at radius 2 is 2.25 bits per heavy atom. The zero-order valence-electron chi connectivity index (χ0n) is 6.60. The van der Waals surface area contributed by atoms with E-state index in [1.54, 1.807) is 0 Å². The van der Waals surface area contributed by atoms with Gasteiger partial charge in [0.05, 0.1) is 0 Å². The molecule has 0 fully saturated rings. The Morgan fingerprint density at radius 3 is 2.67 bits per heavy atom. The van der Waals surface area contributed by atoms with Crippen molar-refractivity contribution in [3.05, 3.63) is 28.2 Å². The number of benzene rings is 1. The molecule has 0 saturated heterocycles. The summed E-state index contributed by atoms with van der Waals surface area (Å²) < 4.78 is 0.918. The highest BCUT2D eigenvalue weighted by Gasteiger charge is 2.02. The molecule has 0 bridgehead atoms. The van der Waals surface area contributed by atoms with Crippen molar-refractivity contribution in [1.82, 2.24) is 0 Å². The lowest BCUT2D eigenvalue weighted by atomic mass is 10.2. The summed E-state index contributed by atoms with van der Waals surface area (Å²) in [6, 6.07) is 5.76. The third-order valence-electron chi connectivity index (χ3n) is 1.52. The lowest BCUT2D eigenvalue weighted by Gasteiger charge is -2.04. The SMILES string of the molecule is CNc1ccc(C(N)=S)c(Br)c1. The van der Waals surface area contributed by atoms with E-state index in [4.69, 9.17) is 18.0 Å². The number of halogens is 1. The molecule has 0 aliphatic rings. The molecule has 4 heteroatoms. The van der Waals surface area contributed by atoms with Crippen LogP contribution in [0.3, 0.4) is 0 Å². The molecule has 0 saturated carbocycles. The second-order valence-corrected chi connectivity index (χ2v) is 3.60. The van der Waals surface area contributed by atoms with Gasteiger partial charge in [-0.3, -0.25) is 0 Å². The van der Waals surface area contributed by atoms with Gasteiger partial charge in [0.25, 0.3) is 0 Å². The van der Waals surface area contributed by atoms with E-state index >= 15 is 0 Å². The fraction of sp³-hybridized carbons (Fsp3) is 0.125. The van der Waals surface area contributed by atoms with Crippen LogP contribution in [0.15, 0.2) is 22.7 Å². The van der Waals surface area contributed by atoms with Crippen LogP contribution in [0.5, 0.6) is 0 Å². The van der Waals surface area contributed by atoms with Gasteiger partial charge in [-0.1, -0.05) is 12.2 Å². The van der Waals surface area contributed by atoms with Crippen LogP contribution in [0.1, 0.15) is 5.56 Å². The quantitative estimate of drug-likeness (QED) is 0.784. The van der Waals surface area contributed by atoms with Crippen molar-refractivity contribution in [1.29, 1.82) is 0 Å². The Labute approximate surface area is 85.3 Å². The smallest absolute Gasteiger partial charge is 0.105 e. The highest BCUT2D eigenvalue weighted by Crippen LogP contribution is 2.20. The summed E-state index contributed by atoms with van der Waals surface area (Å²) in [5.74, 6) is 0. The molecule has 0 spiro atoms. The standard InChI is InChI=1S/C8H9BrN2S/c1-11-5-2-3-6(8(10)12)7(9)4-5/h2-4,11H,1H3,(H2,10,12). The van der Waals surface area contributed by atoms with Gasteiger partial charge >= 0.3 is 0 Å². The van der Waals surface area contributed by atoms with Crippen molar-refractivity contribution >= 4 is 38.8 Å². The van der Waals surface area contributed by atoms with E-state index in [-0.39, 0.29) is 0 Å². The molecule has 1 aromatic carbocycles. The van der Waals surface area contributed by atoms with Gasteiger partial charge in [-0.25, -0.2) is 0 Å². The Kier molecular flexibility index (Phi) is 3.05. The summed E-state index contributed by atoms with van der Waals surface area (Å²) in [5.41, 5.74) is 7.38. The van der Waals surface area contributed by atoms with Gasteiger partial charge in [-0.2, -0.15) is 0 Å². The van der Waals surface area contributed by atoms with Gasteiger partial charge < -0.3 is 11.1 Å². The summed E-state index contributed by atoms with van der Waals surface area (Å²) >= 11 is 8.24. The van der Waals surface area contributed by atoms with Gasteiger partial charge in [0, 0.05) is 22.8 Å². The van der Waals surface area contributed by atoms with Crippen molar-refractivity contribution in [3.63, 3.8) is 0 Å². The minimum Gasteiger partial charge on any atom is -0.389 e. The Hall–Kier alpha value is -0.610. The molecule has 0 atom stereocenters. The first-order chi connectivity index (χ1) is 5.65. The average Bonchev–Trinajstić information content (AvgIpc) is 2.03. The number of nitrogens with one attached hydrogen (secondary N) is 1. The van der Waals surface area contributed by atoms with Crippen molar-refractivity contribution in [2.75, 3.05) is 12.4 Å². The largest absolute Gasteiger partial charge is 0.389 e. The molecule has 1 rings (SSSR count). The minimum absolute atomic E-state index is 0.407. The first-order valence-electron chi connectivity index (χ1n) is 3.42. The number of anilines is 1. The number of hydrogen-bond acceptors (Lipinski definition) is 2. The molecule has 0 aromatic heterocycles. The van der Waals surface area contributed by atoms with Gasteiger partial charge in [0.1, 0.15) is 4.99 Å². The third kappa shape index (κ3) is 1.95. The summed E-state index contributed by atoms with van der Waals surface area (Å²) in [6.07, 6.45) is 0. The molecular weight excluding hydrogens is 236 g/mol. The zero-order chi connectivity index (χ0) is 9.14. The summed E-state index contributed by atoms with van der Waals surface area (Å²) in [5, 5.41) is 3.02. The number of hydrogen-bond donors (Lipinski definition) is 2. The van der Waals surface area contributed by atoms with Crippen LogP contribution in [-0.4, -0.2) is 12.0 Å². The molecule has 64 valence electrons. The molecule has 0 aliphatic carbocycles. The van der Waals surface area contributed by atoms with Crippen LogP contribution in [0.2, 0.25) is 0 Å². The van der Waals surface area contributed by atoms with E-state index in [1.807, 2.05) is 25.2 Å². The van der Waals surface area contributed by atoms with E-state index in [1.165, 1.54) is 0 Å². The van der Waals surface area contributed by atoms with Crippen LogP contribution in [0.4, 0.5) is 5.69 Å². The molecule has 12 heavy (non-hydrogen) atoms. The fourth-order valence-corrected chi connectivity index (χ4v) is 1.77. The van der Waals surface area contributed by atoms with Crippen molar-refractivity contribution in [2.24, 2.45) is 5.73 Å². The van der Waals surface area contributed by atoms with E-state index in [0.717, 1.165) is 15.7 Å². The summed E-state index contributed by atoms with van der Waals surface area (Å²) in [6.45, 7) is 0. The minimum atomic E-state index is 0.407. The van der Waals surface area contributed by atoms with Gasteiger partial charge in [-0.05, 0) is 34.1 Å². The van der Waals surface area contributed by atoms with Crippen molar-refractivity contribution in [3.8, 4) is 0 Å². The lowest BCUT2D eigenvalue weighted by Crippen LogP contribution is -2.10. The predicted molar refractivity (Wildman–Crippen MR) is 59.6 cm³/mol.